The fraction of sp³-hybridized carbons (Fsp3) is 0.679. The standard InChI is InChI=1S/C26H37N3O3.C25H38O6S.C24H33N3O3.CH2Cl2.CH3F.CH4.BBr3/c1-17-19(14-29-16-27-15-28-29)12-22-25(2,3)8-7-9-26(22,4)23(17)24(30)18-10-20(31-5)13-21(11-18)32-6;1-16-18(15-31-32(7,27)28)13-21-24(2,3)9-8-10-25(21,4)22(16)23(26)17-11-19(29-5)14-20(12-17)30-6;1-15-17(12-27-14-25-13-26-27)10-20-23(2,3)6-5-7-24(20,4)21(15)22(30)16-8-18(28)11-19(29)9-16;2-1-3;1-2;;2-1(3)4/h10-11,13,15-17,19,22-23H,7-9,12,14H2,1-6H3;11-12,14,16,18,21-22H,8-10,13,15H2,1-7H3;8-9,11,13-15,17,20-21,28-29H,5-7,10,12H2,1-4H3;1H2;1H3;1H4;/t17-,19-,22?,23-,26+;16-,18-,21?,22-,25+;15-,17-,20?,21-,24+;;;;/m111..../s1/i;;;;1D;;. The number of hydrogen-bond donors (Lipinski definition) is 2. The first-order valence-electron chi connectivity index (χ1n) is 36.4. The van der Waals surface area contributed by atoms with E-state index in [0.717, 1.165) is 77.1 Å². The Labute approximate surface area is 656 Å². The van der Waals surface area contributed by atoms with Crippen LogP contribution in [0.5, 0.6) is 34.5 Å². The first kappa shape index (κ1) is 88.6. The third-order valence-corrected chi connectivity index (χ3v) is 25.5. The number of benzene rings is 3. The summed E-state index contributed by atoms with van der Waals surface area (Å²) >= 11 is 18.8. The quantitative estimate of drug-likeness (QED) is 0.0381. The summed E-state index contributed by atoms with van der Waals surface area (Å²) in [5.41, 5.74) is 1.78. The lowest BCUT2D eigenvalue weighted by atomic mass is 9.44. The van der Waals surface area contributed by atoms with Gasteiger partial charge < -0.3 is 29.2 Å². The highest BCUT2D eigenvalue weighted by Crippen LogP contribution is 2.66. The summed E-state index contributed by atoms with van der Waals surface area (Å²) in [6, 6.07) is 15.1. The Morgan fingerprint density at radius 2 is 0.837 bits per heavy atom. The molecule has 0 spiro atoms. The number of hydrogen-bond acceptors (Lipinski definition) is 16. The monoisotopic (exact) mass is 1700 g/mol. The lowest BCUT2D eigenvalue weighted by Crippen LogP contribution is -2.56. The number of aromatic nitrogens is 6. The van der Waals surface area contributed by atoms with Crippen LogP contribution < -0.4 is 18.9 Å². The molecular weight excluding hydrogens is 1590 g/mol. The number of Topliss-reactive ketones (excluding diaryl/α,β-unsaturated/α-hetero) is 3. The maximum atomic E-state index is 14.2. The third-order valence-electron chi connectivity index (χ3n) is 25.0. The molecule has 2 N–H and O–H groups in total. The zero-order valence-corrected chi connectivity index (χ0v) is 70.5. The SMILES string of the molecule is BrB(Br)Br.C.COc1cc(OC)cc(C(=O)[C@H]2[C@H](C)[C@@H](COS(C)(=O)=O)CC3C(C)(C)CCC[C@@]32C)c1.COc1cc(OC)cc(C(=O)[C@H]2[C@H](C)[C@@H](Cn3cncn3)CC3C(C)(C)CCC[C@@]32C)c1.C[C@@H]1[C@@H](Cn2cncn2)CC2C(C)(C)CCC[C@]2(C)[C@H]1C(=O)c1cc(O)cc(O)c1.ClCCl.[2H]CF. The lowest BCUT2D eigenvalue weighted by molar-refractivity contribution is -0.107. The maximum absolute atomic E-state index is 14.2. The summed E-state index contributed by atoms with van der Waals surface area (Å²) in [7, 11) is 1.86. The Hall–Kier alpha value is -4.33. The molecule has 2 heterocycles. The van der Waals surface area contributed by atoms with E-state index in [1.807, 2.05) is 27.6 Å². The molecule has 0 aliphatic heterocycles. The molecule has 0 saturated heterocycles. The number of phenols is 2. The second kappa shape index (κ2) is 38.4. The maximum Gasteiger partial charge on any atom is 0.369 e. The van der Waals surface area contributed by atoms with Crippen LogP contribution in [0.25, 0.3) is 0 Å². The molecule has 6 saturated carbocycles. The van der Waals surface area contributed by atoms with Gasteiger partial charge in [0.25, 0.3) is 10.1 Å². The van der Waals surface area contributed by atoms with Crippen molar-refractivity contribution in [2.24, 2.45) is 104 Å². The van der Waals surface area contributed by atoms with Crippen LogP contribution in [0.2, 0.25) is 0 Å². The van der Waals surface area contributed by atoms with Gasteiger partial charge in [0.15, 0.2) is 17.3 Å². The zero-order valence-electron chi connectivity index (χ0n) is 64.4. The number of methoxy groups -OCH3 is 4. The molecule has 11 rings (SSSR count). The van der Waals surface area contributed by atoms with Crippen molar-refractivity contribution >= 4 is 101 Å². The molecule has 3 unspecified atom stereocenters. The predicted molar refractivity (Wildman–Crippen MR) is 426 cm³/mol. The molecule has 104 heavy (non-hydrogen) atoms. The van der Waals surface area contributed by atoms with Gasteiger partial charge >= 0.3 is 3.18 Å². The fourth-order valence-corrected chi connectivity index (χ4v) is 20.8. The molecule has 26 heteroatoms. The van der Waals surface area contributed by atoms with Crippen LogP contribution in [0.15, 0.2) is 79.9 Å². The number of fused-ring (bicyclic) bond motifs is 3. The number of phenolic OH excluding ortho intramolecular Hbond substituents is 2. The summed E-state index contributed by atoms with van der Waals surface area (Å²) in [4.78, 5) is 50.4. The van der Waals surface area contributed by atoms with Gasteiger partial charge in [-0.05, 0) is 180 Å². The highest BCUT2D eigenvalue weighted by molar-refractivity contribution is 9.69. The minimum Gasteiger partial charge on any atom is -0.508 e. The van der Waals surface area contributed by atoms with E-state index in [-0.39, 0.29) is 125 Å². The average molecular weight is 1700 g/mol. The molecule has 582 valence electrons. The van der Waals surface area contributed by atoms with Crippen LogP contribution in [0.3, 0.4) is 0 Å². The third kappa shape index (κ3) is 21.6. The van der Waals surface area contributed by atoms with Crippen molar-refractivity contribution in [3.8, 4) is 34.5 Å². The number of halogens is 6. The van der Waals surface area contributed by atoms with Crippen LogP contribution in [0.4, 0.5) is 4.39 Å². The molecule has 18 nitrogen and oxygen atoms in total. The van der Waals surface area contributed by atoms with Crippen molar-refractivity contribution < 1.29 is 61.9 Å². The van der Waals surface area contributed by atoms with Gasteiger partial charge in [0.05, 0.1) is 55.2 Å². The number of alkyl halides is 3. The van der Waals surface area contributed by atoms with Gasteiger partial charge in [-0.2, -0.15) is 18.6 Å². The molecule has 15 atom stereocenters. The van der Waals surface area contributed by atoms with Crippen LogP contribution in [0, 0.1) is 104 Å². The van der Waals surface area contributed by atoms with Crippen LogP contribution in [0.1, 0.15) is 200 Å². The Morgan fingerprint density at radius 1 is 0.558 bits per heavy atom. The Kier molecular flexibility index (Phi) is 32.7. The van der Waals surface area contributed by atoms with E-state index >= 15 is 0 Å². The molecule has 0 radical (unpaired) electrons. The summed E-state index contributed by atoms with van der Waals surface area (Å²) in [5.74, 6) is 4.39. The second-order valence-corrected chi connectivity index (χ2v) is 41.2. The number of ketones is 3. The van der Waals surface area contributed by atoms with E-state index in [0.29, 0.717) is 69.3 Å². The van der Waals surface area contributed by atoms with E-state index in [4.69, 9.17) is 47.7 Å². The molecular formula is C78H117BBr3Cl2FN6O12S. The Balaban J connectivity index is 0.000000264. The molecule has 3 aromatic carbocycles. The van der Waals surface area contributed by atoms with E-state index in [1.54, 1.807) is 71.9 Å². The highest BCUT2D eigenvalue weighted by Gasteiger charge is 2.62. The van der Waals surface area contributed by atoms with Gasteiger partial charge in [-0.25, -0.2) is 9.97 Å². The normalized spacial score (nSPS) is 29.7. The summed E-state index contributed by atoms with van der Waals surface area (Å²) < 4.78 is 70.0. The van der Waals surface area contributed by atoms with E-state index in [1.165, 1.54) is 37.5 Å². The number of carbonyl (C=O) groups excluding carboxylic acids is 3. The number of nitrogens with zero attached hydrogens (tertiary/aromatic N) is 6. The molecule has 6 aliphatic carbocycles. The number of ether oxygens (including phenoxy) is 4. The zero-order chi connectivity index (χ0) is 77.7. The van der Waals surface area contributed by atoms with Crippen molar-refractivity contribution in [3.63, 3.8) is 0 Å². The first-order chi connectivity index (χ1) is 48.7. The van der Waals surface area contributed by atoms with Gasteiger partial charge in [-0.1, -0.05) is 110 Å². The number of rotatable bonds is 17. The highest BCUT2D eigenvalue weighted by atomic mass is 79.9. The van der Waals surface area contributed by atoms with Gasteiger partial charge in [-0.3, -0.25) is 32.3 Å². The topological polar surface area (TPSA) is 233 Å². The van der Waals surface area contributed by atoms with E-state index < -0.39 is 17.3 Å². The van der Waals surface area contributed by atoms with Gasteiger partial charge in [0, 0.05) is 65.7 Å². The molecule has 5 aromatic rings. The lowest BCUT2D eigenvalue weighted by Gasteiger charge is -2.60. The fourth-order valence-electron chi connectivity index (χ4n) is 20.4. The molecule has 2 aromatic heterocycles. The van der Waals surface area contributed by atoms with Gasteiger partial charge in [0.1, 0.15) is 59.8 Å². The average Bonchev–Trinajstić information content (AvgIpc) is 1.10. The molecule has 0 bridgehead atoms. The molecule has 6 aliphatic rings. The van der Waals surface area contributed by atoms with Crippen molar-refractivity contribution in [3.05, 3.63) is 96.6 Å². The predicted octanol–water partition coefficient (Wildman–Crippen LogP) is 19.7. The first-order valence-corrected chi connectivity index (χ1v) is 41.3. The Bertz CT molecular complexity index is 3650. The van der Waals surface area contributed by atoms with Crippen molar-refractivity contribution in [2.75, 3.05) is 53.8 Å². The minimum atomic E-state index is -3.55. The van der Waals surface area contributed by atoms with Crippen LogP contribution in [-0.4, -0.2) is 122 Å². The van der Waals surface area contributed by atoms with E-state index in [2.05, 4.69) is 151 Å². The van der Waals surface area contributed by atoms with E-state index in [9.17, 15) is 37.4 Å². The number of aromatic hydroxyl groups is 2. The second-order valence-electron chi connectivity index (χ2n) is 32.3. The van der Waals surface area contributed by atoms with Crippen LogP contribution >= 0.6 is 70.5 Å². The molecule has 0 amide bonds. The summed E-state index contributed by atoms with van der Waals surface area (Å²) in [5, 5.41) is 28.8. The van der Waals surface area contributed by atoms with Gasteiger partial charge in [0.2, 0.25) is 0 Å². The number of carbonyl (C=O) groups is 3. The summed E-state index contributed by atoms with van der Waals surface area (Å²) in [6.07, 6.45) is 20.8. The Morgan fingerprint density at radius 3 is 1.11 bits per heavy atom. The minimum absolute atomic E-state index is 0. The smallest absolute Gasteiger partial charge is 0.369 e. The van der Waals surface area contributed by atoms with Crippen molar-refractivity contribution in [1.82, 2.24) is 29.5 Å². The molecule has 6 fully saturated rings. The van der Waals surface area contributed by atoms with Crippen LogP contribution in [-0.2, 0) is 27.4 Å². The largest absolute Gasteiger partial charge is 0.508 e. The summed E-state index contributed by atoms with van der Waals surface area (Å²) in [6.45, 7) is 29.2. The van der Waals surface area contributed by atoms with Crippen molar-refractivity contribution in [2.45, 2.75) is 181 Å². The van der Waals surface area contributed by atoms with Gasteiger partial charge in [-0.15, -0.1) is 70.5 Å². The van der Waals surface area contributed by atoms with Crippen molar-refractivity contribution in [1.29, 1.82) is 0 Å².